The molecule has 124 valence electrons. The molecular weight excluding hydrogens is 308 g/mol. The van der Waals surface area contributed by atoms with Gasteiger partial charge in [-0.1, -0.05) is 0 Å². The van der Waals surface area contributed by atoms with E-state index in [-0.39, 0.29) is 13.0 Å². The first-order valence-electron chi connectivity index (χ1n) is 6.88. The molecule has 1 atom stereocenters. The summed E-state index contributed by atoms with van der Waals surface area (Å²) in [5, 5.41) is 7.82. The SMILES string of the molecule is COc1cc(C)c(S(=O)(=O)C(C)CCOCC(=O)O)c(C)c1. The second-order valence-corrected chi connectivity index (χ2v) is 7.48. The van der Waals surface area contributed by atoms with Gasteiger partial charge in [0.05, 0.1) is 17.3 Å². The van der Waals surface area contributed by atoms with Gasteiger partial charge < -0.3 is 14.6 Å². The Morgan fingerprint density at radius 2 is 1.82 bits per heavy atom. The van der Waals surface area contributed by atoms with Crippen LogP contribution < -0.4 is 4.74 Å². The lowest BCUT2D eigenvalue weighted by molar-refractivity contribution is -0.142. The number of carbonyl (C=O) groups is 1. The monoisotopic (exact) mass is 330 g/mol. The molecule has 1 rings (SSSR count). The molecule has 6 nitrogen and oxygen atoms in total. The van der Waals surface area contributed by atoms with Gasteiger partial charge in [-0.3, -0.25) is 0 Å². The molecule has 0 radical (unpaired) electrons. The van der Waals surface area contributed by atoms with E-state index in [1.807, 2.05) is 0 Å². The Balaban J connectivity index is 2.92. The van der Waals surface area contributed by atoms with Crippen LogP contribution in [0.3, 0.4) is 0 Å². The zero-order valence-electron chi connectivity index (χ0n) is 13.3. The Hall–Kier alpha value is -1.60. The highest BCUT2D eigenvalue weighted by atomic mass is 32.2. The van der Waals surface area contributed by atoms with Crippen LogP contribution in [0.25, 0.3) is 0 Å². The van der Waals surface area contributed by atoms with Crippen LogP contribution in [0.1, 0.15) is 24.5 Å². The number of sulfone groups is 1. The Bertz CT molecular complexity index is 612. The first kappa shape index (κ1) is 18.4. The topological polar surface area (TPSA) is 89.9 Å². The molecule has 0 saturated carbocycles. The summed E-state index contributed by atoms with van der Waals surface area (Å²) in [6.07, 6.45) is 0.237. The molecule has 0 fully saturated rings. The number of rotatable bonds is 8. The van der Waals surface area contributed by atoms with E-state index in [0.29, 0.717) is 21.8 Å². The minimum Gasteiger partial charge on any atom is -0.497 e. The number of carboxylic acid groups (broad SMARTS) is 1. The average molecular weight is 330 g/mol. The molecular formula is C15H22O6S. The molecule has 0 saturated heterocycles. The fourth-order valence-corrected chi connectivity index (χ4v) is 4.07. The number of ether oxygens (including phenoxy) is 2. The smallest absolute Gasteiger partial charge is 0.329 e. The van der Waals surface area contributed by atoms with Gasteiger partial charge in [-0.2, -0.15) is 0 Å². The number of hydrogen-bond acceptors (Lipinski definition) is 5. The molecule has 0 aliphatic carbocycles. The van der Waals surface area contributed by atoms with Crippen LogP contribution in [-0.4, -0.2) is 45.1 Å². The van der Waals surface area contributed by atoms with Crippen molar-refractivity contribution in [1.82, 2.24) is 0 Å². The third-order valence-electron chi connectivity index (χ3n) is 3.38. The molecule has 1 aromatic rings. The standard InChI is InChI=1S/C15H22O6S/c1-10-7-13(20-4)8-11(2)15(10)22(18,19)12(3)5-6-21-9-14(16)17/h7-8,12H,5-6,9H2,1-4H3,(H,16,17). The second-order valence-electron chi connectivity index (χ2n) is 5.18. The highest BCUT2D eigenvalue weighted by Gasteiger charge is 2.27. The largest absolute Gasteiger partial charge is 0.497 e. The van der Waals surface area contributed by atoms with E-state index in [1.54, 1.807) is 32.9 Å². The number of methoxy groups -OCH3 is 1. The maximum absolute atomic E-state index is 12.7. The highest BCUT2D eigenvalue weighted by Crippen LogP contribution is 2.29. The summed E-state index contributed by atoms with van der Waals surface area (Å²) in [5.74, 6) is -0.455. The first-order valence-corrected chi connectivity index (χ1v) is 8.43. The molecule has 22 heavy (non-hydrogen) atoms. The molecule has 1 N–H and O–H groups in total. The van der Waals surface area contributed by atoms with Gasteiger partial charge in [-0.15, -0.1) is 0 Å². The molecule has 0 aliphatic rings. The van der Waals surface area contributed by atoms with Gasteiger partial charge in [0.15, 0.2) is 9.84 Å². The number of aryl methyl sites for hydroxylation is 2. The van der Waals surface area contributed by atoms with E-state index in [9.17, 15) is 13.2 Å². The van der Waals surface area contributed by atoms with Crippen molar-refractivity contribution in [1.29, 1.82) is 0 Å². The lowest BCUT2D eigenvalue weighted by atomic mass is 10.1. The number of carboxylic acids is 1. The summed E-state index contributed by atoms with van der Waals surface area (Å²) in [6.45, 7) is 4.73. The van der Waals surface area contributed by atoms with Gasteiger partial charge in [-0.05, 0) is 50.5 Å². The van der Waals surface area contributed by atoms with Crippen molar-refractivity contribution in [3.8, 4) is 5.75 Å². The Morgan fingerprint density at radius 3 is 2.27 bits per heavy atom. The van der Waals surface area contributed by atoms with E-state index in [1.165, 1.54) is 7.11 Å². The van der Waals surface area contributed by atoms with E-state index < -0.39 is 27.7 Å². The fourth-order valence-electron chi connectivity index (χ4n) is 2.24. The maximum atomic E-state index is 12.7. The minimum absolute atomic E-state index is 0.0843. The summed E-state index contributed by atoms with van der Waals surface area (Å²) in [6, 6.07) is 3.38. The Labute approximate surface area is 131 Å². The van der Waals surface area contributed by atoms with Crippen LogP contribution in [0.4, 0.5) is 0 Å². The summed E-state index contributed by atoms with van der Waals surface area (Å²) in [5.41, 5.74) is 1.27. The van der Waals surface area contributed by atoms with Gasteiger partial charge in [0.25, 0.3) is 0 Å². The number of aliphatic carboxylic acids is 1. The first-order chi connectivity index (χ1) is 10.2. The molecule has 0 amide bonds. The Kier molecular flexibility index (Phi) is 6.37. The van der Waals surface area contributed by atoms with Crippen molar-refractivity contribution < 1.29 is 27.8 Å². The summed E-state index contributed by atoms with van der Waals surface area (Å²) in [7, 11) is -1.98. The van der Waals surface area contributed by atoms with Crippen molar-refractivity contribution in [2.75, 3.05) is 20.3 Å². The van der Waals surface area contributed by atoms with Crippen LogP contribution in [-0.2, 0) is 19.4 Å². The van der Waals surface area contributed by atoms with Crippen LogP contribution in [0, 0.1) is 13.8 Å². The molecule has 0 heterocycles. The van der Waals surface area contributed by atoms with Crippen molar-refractivity contribution in [3.63, 3.8) is 0 Å². The molecule has 1 aromatic carbocycles. The molecule has 7 heteroatoms. The fraction of sp³-hybridized carbons (Fsp3) is 0.533. The Morgan fingerprint density at radius 1 is 1.27 bits per heavy atom. The van der Waals surface area contributed by atoms with Gasteiger partial charge in [0.1, 0.15) is 12.4 Å². The van der Waals surface area contributed by atoms with Gasteiger partial charge in [0, 0.05) is 6.61 Å². The van der Waals surface area contributed by atoms with Gasteiger partial charge >= 0.3 is 5.97 Å². The third-order valence-corrected chi connectivity index (χ3v) is 5.89. The molecule has 0 spiro atoms. The predicted molar refractivity (Wildman–Crippen MR) is 82.2 cm³/mol. The van der Waals surface area contributed by atoms with Crippen molar-refractivity contribution in [3.05, 3.63) is 23.3 Å². The quantitative estimate of drug-likeness (QED) is 0.733. The second kappa shape index (κ2) is 7.60. The zero-order valence-corrected chi connectivity index (χ0v) is 14.1. The number of benzene rings is 1. The van der Waals surface area contributed by atoms with Crippen LogP contribution in [0.5, 0.6) is 5.75 Å². The third kappa shape index (κ3) is 4.45. The van der Waals surface area contributed by atoms with Gasteiger partial charge in [-0.25, -0.2) is 13.2 Å². The summed E-state index contributed by atoms with van der Waals surface area (Å²) >= 11 is 0. The molecule has 0 bridgehead atoms. The minimum atomic E-state index is -3.51. The average Bonchev–Trinajstić information content (AvgIpc) is 2.41. The van der Waals surface area contributed by atoms with Crippen LogP contribution in [0.2, 0.25) is 0 Å². The van der Waals surface area contributed by atoms with Gasteiger partial charge in [0.2, 0.25) is 0 Å². The zero-order chi connectivity index (χ0) is 16.9. The van der Waals surface area contributed by atoms with E-state index in [4.69, 9.17) is 14.6 Å². The highest BCUT2D eigenvalue weighted by molar-refractivity contribution is 7.92. The van der Waals surface area contributed by atoms with E-state index >= 15 is 0 Å². The van der Waals surface area contributed by atoms with E-state index in [2.05, 4.69) is 0 Å². The number of hydrogen-bond donors (Lipinski definition) is 1. The van der Waals surface area contributed by atoms with Crippen LogP contribution in [0.15, 0.2) is 17.0 Å². The van der Waals surface area contributed by atoms with Crippen molar-refractivity contribution in [2.24, 2.45) is 0 Å². The molecule has 0 aromatic heterocycles. The lowest BCUT2D eigenvalue weighted by Gasteiger charge is -2.17. The van der Waals surface area contributed by atoms with Crippen LogP contribution >= 0.6 is 0 Å². The molecule has 1 unspecified atom stereocenters. The predicted octanol–water partition coefficient (Wildman–Crippen LogP) is 1.97. The normalized spacial score (nSPS) is 12.9. The molecule has 0 aliphatic heterocycles. The van der Waals surface area contributed by atoms with Crippen molar-refractivity contribution >= 4 is 15.8 Å². The lowest BCUT2D eigenvalue weighted by Crippen LogP contribution is -2.22. The summed E-state index contributed by atoms with van der Waals surface area (Å²) in [4.78, 5) is 10.7. The van der Waals surface area contributed by atoms with Crippen molar-refractivity contribution in [2.45, 2.75) is 37.3 Å². The van der Waals surface area contributed by atoms with E-state index in [0.717, 1.165) is 0 Å². The maximum Gasteiger partial charge on any atom is 0.329 e. The summed E-state index contributed by atoms with van der Waals surface area (Å²) < 4.78 is 35.4.